The third kappa shape index (κ3) is 5.34. The molecule has 0 bridgehead atoms. The van der Waals surface area contributed by atoms with Crippen LogP contribution >= 0.6 is 0 Å². The Morgan fingerprint density at radius 1 is 0.862 bits per heavy atom. The average Bonchev–Trinajstić information content (AvgIpc) is 3.02. The largest absolute Gasteiger partial charge is 0.481 e. The molecule has 0 fully saturated rings. The lowest BCUT2D eigenvalue weighted by Crippen LogP contribution is -1.98. The monoisotopic (exact) mass is 396 g/mol. The molecule has 0 unspecified atom stereocenters. The van der Waals surface area contributed by atoms with Crippen molar-refractivity contribution in [3.8, 4) is 0 Å². The quantitative estimate of drug-likeness (QED) is 0.221. The summed E-state index contributed by atoms with van der Waals surface area (Å²) >= 11 is 0. The van der Waals surface area contributed by atoms with Crippen molar-refractivity contribution < 1.29 is 14.8 Å². The van der Waals surface area contributed by atoms with E-state index in [4.69, 9.17) is 5.11 Å². The smallest absolute Gasteiger partial charge is 0.303 e. The number of hydrogen-bond acceptors (Lipinski definition) is 3. The van der Waals surface area contributed by atoms with E-state index >= 15 is 0 Å². The van der Waals surface area contributed by atoms with Gasteiger partial charge in [0.05, 0.1) is 4.92 Å². The molecule has 3 rings (SSSR count). The molecular weight excluding hydrogens is 368 g/mol. The number of non-ortho nitro benzene ring substituents is 1. The molecule has 0 radical (unpaired) electrons. The number of carboxylic acids is 1. The number of aryl methyl sites for hydroxylation is 1. The van der Waals surface area contributed by atoms with Crippen LogP contribution in [0.3, 0.4) is 0 Å². The number of nitro benzene ring substituents is 1. The minimum atomic E-state index is -0.704. The second kappa shape index (κ2) is 10.0. The number of aromatic nitrogens is 1. The molecule has 0 aliphatic carbocycles. The number of nitrogens with zero attached hydrogens (tertiary/aromatic N) is 2. The number of hydrogen-bond donors (Lipinski definition) is 1. The Kier molecular flexibility index (Phi) is 7.22. The van der Waals surface area contributed by atoms with Crippen LogP contribution in [-0.4, -0.2) is 20.6 Å². The number of rotatable bonds is 12. The summed E-state index contributed by atoms with van der Waals surface area (Å²) in [5.74, 6) is -0.704. The fraction of sp³-hybridized carbons (Fsp3) is 0.435. The van der Waals surface area contributed by atoms with E-state index < -0.39 is 5.97 Å². The van der Waals surface area contributed by atoms with Crippen LogP contribution in [0.5, 0.6) is 0 Å². The molecule has 1 N–H and O–H groups in total. The number of unbranched alkanes of at least 4 members (excludes halogenated alkanes) is 7. The van der Waals surface area contributed by atoms with Gasteiger partial charge in [0.25, 0.3) is 5.69 Å². The molecule has 2 aromatic carbocycles. The molecule has 3 aromatic rings. The van der Waals surface area contributed by atoms with Crippen LogP contribution in [0.2, 0.25) is 0 Å². The number of para-hydroxylation sites is 1. The summed E-state index contributed by atoms with van der Waals surface area (Å²) < 4.78 is 2.28. The molecule has 0 spiro atoms. The molecule has 0 saturated carbocycles. The van der Waals surface area contributed by atoms with E-state index in [2.05, 4.69) is 10.6 Å². The second-order valence-corrected chi connectivity index (χ2v) is 7.60. The van der Waals surface area contributed by atoms with E-state index in [1.165, 1.54) is 19.3 Å². The minimum absolute atomic E-state index is 0.128. The molecule has 0 aliphatic rings. The number of nitro groups is 1. The number of carbonyl (C=O) groups is 1. The number of benzene rings is 2. The molecule has 0 aliphatic heterocycles. The Hall–Kier alpha value is -2.89. The average molecular weight is 396 g/mol. The van der Waals surface area contributed by atoms with Crippen molar-refractivity contribution in [1.29, 1.82) is 0 Å². The number of carboxylic acid groups (broad SMARTS) is 1. The summed E-state index contributed by atoms with van der Waals surface area (Å²) in [6.45, 7) is 0.903. The summed E-state index contributed by atoms with van der Waals surface area (Å²) in [6.07, 6.45) is 8.93. The van der Waals surface area contributed by atoms with Crippen LogP contribution in [0.15, 0.2) is 42.5 Å². The van der Waals surface area contributed by atoms with Crippen LogP contribution in [0, 0.1) is 10.1 Å². The standard InChI is InChI=1S/C23H28N2O4/c26-23(27)13-7-5-3-1-2-4-6-10-16-24-21-12-9-8-11-19(21)20-17-18(25(28)29)14-15-22(20)24/h8-9,11-12,14-15,17H,1-7,10,13,16H2,(H,26,27). The summed E-state index contributed by atoms with van der Waals surface area (Å²) in [6, 6.07) is 13.2. The topological polar surface area (TPSA) is 85.4 Å². The van der Waals surface area contributed by atoms with Crippen LogP contribution in [0.1, 0.15) is 57.8 Å². The van der Waals surface area contributed by atoms with Gasteiger partial charge < -0.3 is 9.67 Å². The summed E-state index contributed by atoms with van der Waals surface area (Å²) in [7, 11) is 0. The third-order valence-electron chi connectivity index (χ3n) is 5.49. The lowest BCUT2D eigenvalue weighted by atomic mass is 10.1. The van der Waals surface area contributed by atoms with Gasteiger partial charge >= 0.3 is 5.97 Å². The van der Waals surface area contributed by atoms with Crippen molar-refractivity contribution in [1.82, 2.24) is 4.57 Å². The second-order valence-electron chi connectivity index (χ2n) is 7.60. The van der Waals surface area contributed by atoms with Gasteiger partial charge in [-0.15, -0.1) is 0 Å². The molecule has 29 heavy (non-hydrogen) atoms. The van der Waals surface area contributed by atoms with Crippen LogP contribution in [-0.2, 0) is 11.3 Å². The first kappa shape index (κ1) is 20.8. The lowest BCUT2D eigenvalue weighted by molar-refractivity contribution is -0.384. The highest BCUT2D eigenvalue weighted by atomic mass is 16.6. The molecule has 0 saturated heterocycles. The highest BCUT2D eigenvalue weighted by Crippen LogP contribution is 2.32. The summed E-state index contributed by atoms with van der Waals surface area (Å²) in [5.41, 5.74) is 2.31. The van der Waals surface area contributed by atoms with E-state index in [1.807, 2.05) is 24.3 Å². The van der Waals surface area contributed by atoms with Crippen LogP contribution in [0.4, 0.5) is 5.69 Å². The van der Waals surface area contributed by atoms with Gasteiger partial charge in [-0.1, -0.05) is 56.7 Å². The van der Waals surface area contributed by atoms with Crippen LogP contribution < -0.4 is 0 Å². The molecule has 1 aromatic heterocycles. The highest BCUT2D eigenvalue weighted by Gasteiger charge is 2.14. The molecule has 0 amide bonds. The third-order valence-corrected chi connectivity index (χ3v) is 5.49. The van der Waals surface area contributed by atoms with Crippen molar-refractivity contribution in [3.63, 3.8) is 0 Å². The molecule has 0 atom stereocenters. The Morgan fingerprint density at radius 3 is 2.17 bits per heavy atom. The van der Waals surface area contributed by atoms with Crippen molar-refractivity contribution >= 4 is 33.5 Å². The highest BCUT2D eigenvalue weighted by molar-refractivity contribution is 6.08. The van der Waals surface area contributed by atoms with E-state index in [0.717, 1.165) is 60.5 Å². The molecule has 6 heteroatoms. The zero-order valence-electron chi connectivity index (χ0n) is 16.7. The van der Waals surface area contributed by atoms with Crippen molar-refractivity contribution in [2.45, 2.75) is 64.3 Å². The first-order valence-electron chi connectivity index (χ1n) is 10.4. The zero-order chi connectivity index (χ0) is 20.6. The van der Waals surface area contributed by atoms with Gasteiger partial charge in [0.15, 0.2) is 0 Å². The van der Waals surface area contributed by atoms with Crippen LogP contribution in [0.25, 0.3) is 21.8 Å². The predicted molar refractivity (Wildman–Crippen MR) is 115 cm³/mol. The summed E-state index contributed by atoms with van der Waals surface area (Å²) in [4.78, 5) is 21.3. The zero-order valence-corrected chi connectivity index (χ0v) is 16.7. The Labute approximate surface area is 170 Å². The van der Waals surface area contributed by atoms with Crippen molar-refractivity contribution in [2.75, 3.05) is 0 Å². The Balaban J connectivity index is 1.53. The van der Waals surface area contributed by atoms with E-state index in [1.54, 1.807) is 12.1 Å². The first-order valence-corrected chi connectivity index (χ1v) is 10.4. The van der Waals surface area contributed by atoms with Gasteiger partial charge in [-0.25, -0.2) is 0 Å². The normalized spacial score (nSPS) is 11.3. The van der Waals surface area contributed by atoms with Crippen molar-refractivity contribution in [2.24, 2.45) is 0 Å². The van der Waals surface area contributed by atoms with Gasteiger partial charge in [0.1, 0.15) is 0 Å². The minimum Gasteiger partial charge on any atom is -0.481 e. The SMILES string of the molecule is O=C(O)CCCCCCCCCCn1c2ccccc2c2cc([N+](=O)[O-])ccc21. The maximum absolute atomic E-state index is 11.1. The maximum Gasteiger partial charge on any atom is 0.303 e. The Morgan fingerprint density at radius 2 is 1.48 bits per heavy atom. The fourth-order valence-corrected chi connectivity index (χ4v) is 4.00. The first-order chi connectivity index (χ1) is 14.1. The molecule has 154 valence electrons. The van der Waals surface area contributed by atoms with Gasteiger partial charge in [0, 0.05) is 46.9 Å². The molecule has 1 heterocycles. The van der Waals surface area contributed by atoms with Gasteiger partial charge in [-0.2, -0.15) is 0 Å². The van der Waals surface area contributed by atoms with Crippen molar-refractivity contribution in [3.05, 3.63) is 52.6 Å². The van der Waals surface area contributed by atoms with E-state index in [0.29, 0.717) is 0 Å². The fourth-order valence-electron chi connectivity index (χ4n) is 4.00. The van der Waals surface area contributed by atoms with Gasteiger partial charge in [-0.05, 0) is 25.0 Å². The Bertz CT molecular complexity index is 993. The van der Waals surface area contributed by atoms with E-state index in [-0.39, 0.29) is 17.0 Å². The predicted octanol–water partition coefficient (Wildman–Crippen LogP) is 6.30. The molecule has 6 nitrogen and oxygen atoms in total. The number of aliphatic carboxylic acids is 1. The lowest BCUT2D eigenvalue weighted by Gasteiger charge is -2.07. The number of fused-ring (bicyclic) bond motifs is 3. The molecular formula is C23H28N2O4. The van der Waals surface area contributed by atoms with E-state index in [9.17, 15) is 14.9 Å². The summed E-state index contributed by atoms with van der Waals surface area (Å²) in [5, 5.41) is 21.8. The van der Waals surface area contributed by atoms with Gasteiger partial charge in [0.2, 0.25) is 0 Å². The van der Waals surface area contributed by atoms with Gasteiger partial charge in [-0.3, -0.25) is 14.9 Å². The maximum atomic E-state index is 11.1.